The molecule has 2 aromatic carbocycles. The summed E-state index contributed by atoms with van der Waals surface area (Å²) in [5, 5.41) is 6.79. The van der Waals surface area contributed by atoms with E-state index in [1.54, 1.807) is 21.3 Å². The number of benzene rings is 2. The normalized spacial score (nSPS) is 19.0. The van der Waals surface area contributed by atoms with Crippen LogP contribution in [0.3, 0.4) is 0 Å². The Kier molecular flexibility index (Phi) is 6.00. The lowest BCUT2D eigenvalue weighted by Crippen LogP contribution is -2.38. The minimum atomic E-state index is 0.639. The summed E-state index contributed by atoms with van der Waals surface area (Å²) >= 11 is 0. The summed E-state index contributed by atoms with van der Waals surface area (Å²) in [6, 6.07) is 16.6. The van der Waals surface area contributed by atoms with Gasteiger partial charge in [-0.25, -0.2) is 0 Å². The van der Waals surface area contributed by atoms with Gasteiger partial charge in [-0.05, 0) is 36.0 Å². The highest BCUT2D eigenvalue weighted by atomic mass is 16.5. The number of hydrogen-bond acceptors (Lipinski definition) is 3. The molecule has 2 unspecified atom stereocenters. The van der Waals surface area contributed by atoms with Crippen LogP contribution in [0.1, 0.15) is 23.5 Å². The number of rotatable bonds is 7. The molecule has 0 radical (unpaired) electrons. The first-order valence-electron chi connectivity index (χ1n) is 8.95. The van der Waals surface area contributed by atoms with Crippen molar-refractivity contribution in [1.82, 2.24) is 10.6 Å². The zero-order valence-electron chi connectivity index (χ0n) is 15.7. The summed E-state index contributed by atoms with van der Waals surface area (Å²) in [6.45, 7) is 1.57. The van der Waals surface area contributed by atoms with Crippen LogP contribution in [0.2, 0.25) is 0 Å². The summed E-state index contributed by atoms with van der Waals surface area (Å²) in [5.74, 6) is 3.74. The topological polar surface area (TPSA) is 54.9 Å². The van der Waals surface area contributed by atoms with Crippen molar-refractivity contribution in [2.75, 3.05) is 27.8 Å². The van der Waals surface area contributed by atoms with Crippen molar-refractivity contribution in [3.05, 3.63) is 59.7 Å². The predicted octanol–water partition coefficient (Wildman–Crippen LogP) is 3.17. The second kappa shape index (κ2) is 8.61. The Labute approximate surface area is 155 Å². The van der Waals surface area contributed by atoms with Gasteiger partial charge in [0.25, 0.3) is 0 Å². The van der Waals surface area contributed by atoms with Gasteiger partial charge in [-0.3, -0.25) is 4.99 Å². The van der Waals surface area contributed by atoms with Gasteiger partial charge in [0, 0.05) is 31.8 Å². The van der Waals surface area contributed by atoms with Gasteiger partial charge in [-0.2, -0.15) is 0 Å². The highest BCUT2D eigenvalue weighted by molar-refractivity contribution is 5.79. The first-order valence-corrected chi connectivity index (χ1v) is 8.95. The van der Waals surface area contributed by atoms with Gasteiger partial charge >= 0.3 is 0 Å². The molecule has 2 N–H and O–H groups in total. The minimum Gasteiger partial charge on any atom is -0.497 e. The fourth-order valence-electron chi connectivity index (χ4n) is 3.21. The van der Waals surface area contributed by atoms with Crippen LogP contribution < -0.4 is 20.1 Å². The third kappa shape index (κ3) is 4.48. The molecule has 1 aliphatic carbocycles. The molecule has 0 bridgehead atoms. The van der Waals surface area contributed by atoms with Gasteiger partial charge in [-0.1, -0.05) is 30.3 Å². The first kappa shape index (κ1) is 18.1. The fraction of sp³-hybridized carbons (Fsp3) is 0.381. The van der Waals surface area contributed by atoms with Crippen molar-refractivity contribution in [3.8, 4) is 11.5 Å². The van der Waals surface area contributed by atoms with Gasteiger partial charge in [0.15, 0.2) is 5.96 Å². The summed E-state index contributed by atoms with van der Waals surface area (Å²) < 4.78 is 10.7. The van der Waals surface area contributed by atoms with Crippen molar-refractivity contribution in [1.29, 1.82) is 0 Å². The molecule has 5 nitrogen and oxygen atoms in total. The second-order valence-corrected chi connectivity index (χ2v) is 6.50. The van der Waals surface area contributed by atoms with Crippen LogP contribution in [0.4, 0.5) is 0 Å². The molecule has 138 valence electrons. The minimum absolute atomic E-state index is 0.639. The lowest BCUT2D eigenvalue weighted by Gasteiger charge is -2.14. The lowest BCUT2D eigenvalue weighted by molar-refractivity contribution is 0.390. The van der Waals surface area contributed by atoms with Gasteiger partial charge in [0.2, 0.25) is 0 Å². The maximum Gasteiger partial charge on any atom is 0.191 e. The molecule has 5 heteroatoms. The molecule has 2 atom stereocenters. The van der Waals surface area contributed by atoms with E-state index in [2.05, 4.69) is 46.0 Å². The van der Waals surface area contributed by atoms with Crippen molar-refractivity contribution < 1.29 is 9.47 Å². The van der Waals surface area contributed by atoms with Crippen molar-refractivity contribution in [2.24, 2.45) is 10.9 Å². The number of ether oxygens (including phenoxy) is 2. The molecule has 0 saturated heterocycles. The largest absolute Gasteiger partial charge is 0.497 e. The van der Waals surface area contributed by atoms with E-state index in [4.69, 9.17) is 9.47 Å². The number of nitrogens with one attached hydrogen (secondary N) is 2. The Hall–Kier alpha value is -2.69. The zero-order chi connectivity index (χ0) is 18.4. The molecule has 0 aliphatic heterocycles. The van der Waals surface area contributed by atoms with Gasteiger partial charge in [0.1, 0.15) is 11.5 Å². The Bertz CT molecular complexity index is 746. The van der Waals surface area contributed by atoms with Crippen LogP contribution in [0.5, 0.6) is 11.5 Å². The highest BCUT2D eigenvalue weighted by Crippen LogP contribution is 2.46. The van der Waals surface area contributed by atoms with Gasteiger partial charge in [-0.15, -0.1) is 0 Å². The Morgan fingerprint density at radius 1 is 1.08 bits per heavy atom. The van der Waals surface area contributed by atoms with E-state index in [0.29, 0.717) is 18.4 Å². The van der Waals surface area contributed by atoms with Gasteiger partial charge in [0.05, 0.1) is 14.2 Å². The maximum atomic E-state index is 5.44. The number of aliphatic imine (C=N–C) groups is 1. The smallest absolute Gasteiger partial charge is 0.191 e. The average molecular weight is 353 g/mol. The third-order valence-electron chi connectivity index (χ3n) is 4.85. The number of methoxy groups -OCH3 is 2. The summed E-state index contributed by atoms with van der Waals surface area (Å²) in [6.07, 6.45) is 1.24. The molecule has 0 amide bonds. The SMILES string of the molecule is CN=C(NCc1ccc(OC)cc1OC)NCC1CC1c1ccccc1. The third-order valence-corrected chi connectivity index (χ3v) is 4.85. The molecular weight excluding hydrogens is 326 g/mol. The predicted molar refractivity (Wildman–Crippen MR) is 105 cm³/mol. The highest BCUT2D eigenvalue weighted by Gasteiger charge is 2.37. The van der Waals surface area contributed by atoms with E-state index in [0.717, 1.165) is 29.6 Å². The molecular formula is C21H27N3O2. The molecule has 1 aliphatic rings. The van der Waals surface area contributed by atoms with E-state index in [-0.39, 0.29) is 0 Å². The van der Waals surface area contributed by atoms with E-state index < -0.39 is 0 Å². The van der Waals surface area contributed by atoms with E-state index >= 15 is 0 Å². The van der Waals surface area contributed by atoms with Crippen LogP contribution in [-0.4, -0.2) is 33.8 Å². The number of nitrogens with zero attached hydrogens (tertiary/aromatic N) is 1. The summed E-state index contributed by atoms with van der Waals surface area (Å²) in [7, 11) is 5.11. The van der Waals surface area contributed by atoms with Crippen LogP contribution in [0.25, 0.3) is 0 Å². The second-order valence-electron chi connectivity index (χ2n) is 6.50. The van der Waals surface area contributed by atoms with Crippen LogP contribution in [0.15, 0.2) is 53.5 Å². The standard InChI is InChI=1S/C21H27N3O2/c1-22-21(23-13-16-9-10-18(25-2)12-20(16)26-3)24-14-17-11-19(17)15-7-5-4-6-8-15/h4-10,12,17,19H,11,13-14H2,1-3H3,(H2,22,23,24). The molecule has 26 heavy (non-hydrogen) atoms. The monoisotopic (exact) mass is 353 g/mol. The fourth-order valence-corrected chi connectivity index (χ4v) is 3.21. The van der Waals surface area contributed by atoms with Crippen molar-refractivity contribution in [3.63, 3.8) is 0 Å². The van der Waals surface area contributed by atoms with Crippen LogP contribution in [0, 0.1) is 5.92 Å². The molecule has 0 spiro atoms. The Balaban J connectivity index is 1.49. The molecule has 1 saturated carbocycles. The number of hydrogen-bond donors (Lipinski definition) is 2. The van der Waals surface area contributed by atoms with Crippen molar-refractivity contribution in [2.45, 2.75) is 18.9 Å². The molecule has 2 aromatic rings. The summed E-state index contributed by atoms with van der Waals surface area (Å²) in [4.78, 5) is 4.32. The summed E-state index contributed by atoms with van der Waals surface area (Å²) in [5.41, 5.74) is 2.50. The van der Waals surface area contributed by atoms with Crippen molar-refractivity contribution >= 4 is 5.96 Å². The molecule has 0 aromatic heterocycles. The van der Waals surface area contributed by atoms with Gasteiger partial charge < -0.3 is 20.1 Å². The average Bonchev–Trinajstić information content (AvgIpc) is 3.48. The molecule has 3 rings (SSSR count). The Morgan fingerprint density at radius 3 is 2.58 bits per heavy atom. The zero-order valence-corrected chi connectivity index (χ0v) is 15.7. The molecule has 1 fully saturated rings. The van der Waals surface area contributed by atoms with E-state index in [1.165, 1.54) is 12.0 Å². The van der Waals surface area contributed by atoms with E-state index in [1.807, 2.05) is 18.2 Å². The van der Waals surface area contributed by atoms with Crippen LogP contribution in [-0.2, 0) is 6.54 Å². The Morgan fingerprint density at radius 2 is 1.88 bits per heavy atom. The maximum absolute atomic E-state index is 5.44. The quantitative estimate of drug-likeness (QED) is 0.593. The van der Waals surface area contributed by atoms with E-state index in [9.17, 15) is 0 Å². The lowest BCUT2D eigenvalue weighted by atomic mass is 10.1. The van der Waals surface area contributed by atoms with Crippen LogP contribution >= 0.6 is 0 Å². The molecule has 0 heterocycles. The first-order chi connectivity index (χ1) is 12.7. The number of guanidine groups is 1.